The summed E-state index contributed by atoms with van der Waals surface area (Å²) < 4.78 is 16.2. The zero-order valence-electron chi connectivity index (χ0n) is 14.5. The van der Waals surface area contributed by atoms with Crippen LogP contribution in [-0.2, 0) is 23.8 Å². The Kier molecular flexibility index (Phi) is 21.0. The van der Waals surface area contributed by atoms with Crippen LogP contribution in [0.2, 0.25) is 0 Å². The van der Waals surface area contributed by atoms with Gasteiger partial charge in [-0.2, -0.15) is 0 Å². The monoisotopic (exact) mass is 348 g/mol. The summed E-state index contributed by atoms with van der Waals surface area (Å²) in [5, 5.41) is 5.81. The molecule has 0 aliphatic rings. The number of hydrogen-bond donors (Lipinski definition) is 2. The molecule has 144 valence electrons. The van der Waals surface area contributed by atoms with E-state index in [9.17, 15) is 9.59 Å². The second kappa shape index (κ2) is 20.0. The van der Waals surface area contributed by atoms with Gasteiger partial charge in [0.05, 0.1) is 26.4 Å². The van der Waals surface area contributed by atoms with E-state index < -0.39 is 0 Å². The van der Waals surface area contributed by atoms with Crippen molar-refractivity contribution in [3.8, 4) is 0 Å². The lowest BCUT2D eigenvalue weighted by atomic mass is 10.2. The van der Waals surface area contributed by atoms with Crippen molar-refractivity contribution >= 4 is 11.7 Å². The van der Waals surface area contributed by atoms with Crippen LogP contribution in [0.5, 0.6) is 0 Å². The molecule has 0 aromatic rings. The molecule has 0 fully saturated rings. The average molecular weight is 348 g/mol. The number of ketones is 1. The Morgan fingerprint density at radius 1 is 0.792 bits per heavy atom. The third-order valence-electron chi connectivity index (χ3n) is 2.95. The molecular formula is C17H36N2O5. The molecule has 2 N–H and O–H groups in total. The van der Waals surface area contributed by atoms with Gasteiger partial charge in [-0.1, -0.05) is 7.43 Å². The van der Waals surface area contributed by atoms with Crippen LogP contribution < -0.4 is 10.6 Å². The third-order valence-corrected chi connectivity index (χ3v) is 2.95. The molecule has 0 aliphatic heterocycles. The van der Waals surface area contributed by atoms with Crippen LogP contribution in [0.3, 0.4) is 0 Å². The van der Waals surface area contributed by atoms with Gasteiger partial charge in [-0.05, 0) is 33.4 Å². The second-order valence-electron chi connectivity index (χ2n) is 5.20. The standard InChI is InChI=1S/C16H32N2O5.CH4/c1-15(19)5-6-16(20)18-8-4-10-22-12-14-23-13-11-21-9-3-7-17-2;/h17H,3-14H2,1-2H3,(H,18,20);1H4. The fourth-order valence-corrected chi connectivity index (χ4v) is 1.67. The van der Waals surface area contributed by atoms with Gasteiger partial charge in [0.25, 0.3) is 0 Å². The van der Waals surface area contributed by atoms with Gasteiger partial charge in [-0.15, -0.1) is 0 Å². The predicted octanol–water partition coefficient (Wildman–Crippen LogP) is 1.16. The van der Waals surface area contributed by atoms with Crippen molar-refractivity contribution in [1.29, 1.82) is 0 Å². The van der Waals surface area contributed by atoms with Gasteiger partial charge >= 0.3 is 0 Å². The van der Waals surface area contributed by atoms with E-state index in [4.69, 9.17) is 14.2 Å². The lowest BCUT2D eigenvalue weighted by Gasteiger charge is -2.07. The molecule has 0 unspecified atom stereocenters. The topological polar surface area (TPSA) is 85.9 Å². The van der Waals surface area contributed by atoms with Gasteiger partial charge in [-0.3, -0.25) is 4.79 Å². The fourth-order valence-electron chi connectivity index (χ4n) is 1.67. The normalized spacial score (nSPS) is 10.2. The molecule has 0 radical (unpaired) electrons. The molecule has 1 amide bonds. The lowest BCUT2D eigenvalue weighted by Crippen LogP contribution is -2.25. The number of Topliss-reactive ketones (excluding diaryl/α,β-unsaturated/α-hetero) is 1. The summed E-state index contributed by atoms with van der Waals surface area (Å²) in [6.07, 6.45) is 2.32. The number of rotatable bonds is 17. The number of amides is 1. The Morgan fingerprint density at radius 2 is 1.29 bits per heavy atom. The molecule has 7 nitrogen and oxygen atoms in total. The number of ether oxygens (including phenoxy) is 3. The summed E-state index contributed by atoms with van der Waals surface area (Å²) in [6.45, 7) is 6.62. The van der Waals surface area contributed by atoms with Gasteiger partial charge in [0.1, 0.15) is 5.78 Å². The maximum Gasteiger partial charge on any atom is 0.220 e. The summed E-state index contributed by atoms with van der Waals surface area (Å²) >= 11 is 0. The molecule has 0 aromatic heterocycles. The highest BCUT2D eigenvalue weighted by Crippen LogP contribution is 1.90. The van der Waals surface area contributed by atoms with Crippen molar-refractivity contribution < 1.29 is 23.8 Å². The fraction of sp³-hybridized carbons (Fsp3) is 0.882. The van der Waals surface area contributed by atoms with Crippen molar-refractivity contribution in [3.63, 3.8) is 0 Å². The van der Waals surface area contributed by atoms with Crippen LogP contribution in [0.1, 0.15) is 40.0 Å². The first kappa shape index (κ1) is 25.2. The van der Waals surface area contributed by atoms with E-state index in [1.165, 1.54) is 6.92 Å². The van der Waals surface area contributed by atoms with Crippen molar-refractivity contribution in [2.75, 3.05) is 59.8 Å². The molecule has 0 bridgehead atoms. The van der Waals surface area contributed by atoms with Crippen LogP contribution in [0.25, 0.3) is 0 Å². The van der Waals surface area contributed by atoms with E-state index in [1.807, 2.05) is 7.05 Å². The Hall–Kier alpha value is -1.02. The van der Waals surface area contributed by atoms with Crippen LogP contribution in [0, 0.1) is 0 Å². The van der Waals surface area contributed by atoms with Crippen molar-refractivity contribution in [2.45, 2.75) is 40.0 Å². The lowest BCUT2D eigenvalue weighted by molar-refractivity contribution is -0.124. The molecule has 0 spiro atoms. The minimum absolute atomic E-state index is 0. The van der Waals surface area contributed by atoms with Crippen LogP contribution >= 0.6 is 0 Å². The summed E-state index contributed by atoms with van der Waals surface area (Å²) in [5.74, 6) is -0.0508. The maximum absolute atomic E-state index is 11.3. The van der Waals surface area contributed by atoms with Crippen molar-refractivity contribution in [1.82, 2.24) is 10.6 Å². The van der Waals surface area contributed by atoms with Gasteiger partial charge in [-0.25, -0.2) is 0 Å². The smallest absolute Gasteiger partial charge is 0.220 e. The van der Waals surface area contributed by atoms with Crippen LogP contribution in [0.15, 0.2) is 0 Å². The first-order chi connectivity index (χ1) is 11.2. The molecule has 0 saturated heterocycles. The quantitative estimate of drug-likeness (QED) is 0.384. The molecule has 0 atom stereocenters. The zero-order valence-corrected chi connectivity index (χ0v) is 14.5. The summed E-state index contributed by atoms with van der Waals surface area (Å²) in [6, 6.07) is 0. The largest absolute Gasteiger partial charge is 0.379 e. The van der Waals surface area contributed by atoms with Crippen LogP contribution in [0.4, 0.5) is 0 Å². The highest BCUT2D eigenvalue weighted by molar-refractivity contribution is 5.83. The van der Waals surface area contributed by atoms with E-state index in [0.29, 0.717) is 46.0 Å². The number of hydrogen-bond acceptors (Lipinski definition) is 6. The number of nitrogens with one attached hydrogen (secondary N) is 2. The third kappa shape index (κ3) is 21.0. The first-order valence-electron chi connectivity index (χ1n) is 8.30. The molecule has 0 aliphatic carbocycles. The summed E-state index contributed by atoms with van der Waals surface area (Å²) in [4.78, 5) is 22.1. The minimum Gasteiger partial charge on any atom is -0.379 e. The van der Waals surface area contributed by atoms with Gasteiger partial charge in [0, 0.05) is 32.6 Å². The molecule has 0 rings (SSSR count). The minimum atomic E-state index is -0.0850. The van der Waals surface area contributed by atoms with Crippen LogP contribution in [-0.4, -0.2) is 71.5 Å². The van der Waals surface area contributed by atoms with Gasteiger partial charge in [0.15, 0.2) is 0 Å². The Balaban J connectivity index is 0. The van der Waals surface area contributed by atoms with Crippen molar-refractivity contribution in [3.05, 3.63) is 0 Å². The Bertz CT molecular complexity index is 301. The summed E-state index contributed by atoms with van der Waals surface area (Å²) in [5.41, 5.74) is 0. The number of carbonyl (C=O) groups excluding carboxylic acids is 2. The van der Waals surface area contributed by atoms with Crippen molar-refractivity contribution in [2.24, 2.45) is 0 Å². The first-order valence-corrected chi connectivity index (χ1v) is 8.30. The zero-order chi connectivity index (χ0) is 17.2. The van der Waals surface area contributed by atoms with E-state index in [0.717, 1.165) is 26.0 Å². The molecule has 0 aromatic carbocycles. The SMILES string of the molecule is C.CNCCCOCCOCCOCCCNC(=O)CCC(C)=O. The molecule has 0 heterocycles. The highest BCUT2D eigenvalue weighted by atomic mass is 16.5. The van der Waals surface area contributed by atoms with Gasteiger partial charge in [0.2, 0.25) is 5.91 Å². The summed E-state index contributed by atoms with van der Waals surface area (Å²) in [7, 11) is 1.92. The van der Waals surface area contributed by atoms with E-state index in [-0.39, 0.29) is 25.5 Å². The molecule has 0 saturated carbocycles. The van der Waals surface area contributed by atoms with Gasteiger partial charge < -0.3 is 29.6 Å². The highest BCUT2D eigenvalue weighted by Gasteiger charge is 2.02. The van der Waals surface area contributed by atoms with E-state index >= 15 is 0 Å². The van der Waals surface area contributed by atoms with E-state index in [2.05, 4.69) is 10.6 Å². The molecule has 7 heteroatoms. The second-order valence-corrected chi connectivity index (χ2v) is 5.20. The number of carbonyl (C=O) groups is 2. The molecule has 24 heavy (non-hydrogen) atoms. The average Bonchev–Trinajstić information content (AvgIpc) is 2.53. The molecular weight excluding hydrogens is 312 g/mol. The maximum atomic E-state index is 11.3. The Labute approximate surface area is 146 Å². The Morgan fingerprint density at radius 3 is 1.79 bits per heavy atom. The predicted molar refractivity (Wildman–Crippen MR) is 95.3 cm³/mol. The van der Waals surface area contributed by atoms with E-state index in [1.54, 1.807) is 0 Å².